The van der Waals surface area contributed by atoms with Crippen LogP contribution in [0.15, 0.2) is 72.5 Å². The maximum atomic E-state index is 13.8. The monoisotopic (exact) mass is 2050 g/mol. The van der Waals surface area contributed by atoms with Crippen molar-refractivity contribution >= 4 is 34.7 Å². The number of carbonyl (C=O) groups excluding carboxylic acids is 6. The highest BCUT2D eigenvalue weighted by Crippen LogP contribution is 2.51. The molecule has 15 unspecified atom stereocenters. The molecule has 144 heavy (non-hydrogen) atoms. The summed E-state index contributed by atoms with van der Waals surface area (Å²) >= 11 is 0. The summed E-state index contributed by atoms with van der Waals surface area (Å²) in [5, 5.41) is 0. The van der Waals surface area contributed by atoms with Crippen molar-refractivity contribution in [2.45, 2.75) is 276 Å². The molecule has 15 atom stereocenters. The van der Waals surface area contributed by atoms with Crippen molar-refractivity contribution in [3.8, 4) is 69.0 Å². The average molecular weight is 2050 g/mol. The van der Waals surface area contributed by atoms with Crippen molar-refractivity contribution in [3.05, 3.63) is 139 Å². The summed E-state index contributed by atoms with van der Waals surface area (Å²) in [6.45, 7) is -12.1. The zero-order valence-corrected chi connectivity index (χ0v) is 83.6. The van der Waals surface area contributed by atoms with Gasteiger partial charge in [0.25, 0.3) is 0 Å². The molecule has 24 heteroatoms. The Morgan fingerprint density at radius 3 is 0.979 bits per heavy atom. The first-order valence-electron chi connectivity index (χ1n) is 75.6. The summed E-state index contributed by atoms with van der Waals surface area (Å²) in [7, 11) is 15.5. The van der Waals surface area contributed by atoms with Crippen LogP contribution in [-0.4, -0.2) is 228 Å². The van der Waals surface area contributed by atoms with Gasteiger partial charge in [0, 0.05) is 250 Å². The Balaban J connectivity index is 0.000000241. The quantitative estimate of drug-likeness (QED) is 0.0466. The van der Waals surface area contributed by atoms with Crippen LogP contribution in [0.3, 0.4) is 0 Å². The summed E-state index contributed by atoms with van der Waals surface area (Å²) in [6, 6.07) is -11.1. The summed E-state index contributed by atoms with van der Waals surface area (Å²) in [6.07, 6.45) is -31.8. The highest BCUT2D eigenvalue weighted by molar-refractivity contribution is 5.86. The molecule has 0 N–H and O–H groups in total. The number of carbonyl (C=O) groups is 6. The molecule has 0 bridgehead atoms. The Morgan fingerprint density at radius 2 is 0.611 bits per heavy atom. The second-order valence-electron chi connectivity index (χ2n) is 35.7. The van der Waals surface area contributed by atoms with Crippen LogP contribution in [-0.2, 0) is 67.2 Å². The highest BCUT2D eigenvalue weighted by atomic mass is 16.5. The minimum atomic E-state index is -4.13. The van der Waals surface area contributed by atoms with Gasteiger partial charge in [0.05, 0.1) is 103 Å². The van der Waals surface area contributed by atoms with Gasteiger partial charge in [-0.05, 0) is 252 Å². The van der Waals surface area contributed by atoms with Crippen molar-refractivity contribution in [3.63, 3.8) is 0 Å². The Kier molecular flexibility index (Phi) is 22.0. The molecule has 24 nitrogen and oxygen atoms in total. The molecule has 6 saturated heterocycles. The van der Waals surface area contributed by atoms with Gasteiger partial charge in [0.1, 0.15) is 34.7 Å². The zero-order chi connectivity index (χ0) is 153. The largest absolute Gasteiger partial charge is 0.493 e. The van der Waals surface area contributed by atoms with E-state index >= 15 is 0 Å². The fourth-order valence-electron chi connectivity index (χ4n) is 18.3. The first-order chi connectivity index (χ1) is 90.3. The number of hydrogen-bond acceptors (Lipinski definition) is 24. The third kappa shape index (κ3) is 27.2. The number of Topliss-reactive ketones (excluding diaryl/α,β-unsaturated/α-hetero) is 6. The van der Waals surface area contributed by atoms with Crippen LogP contribution >= 0.6 is 0 Å². The third-order valence-corrected chi connectivity index (χ3v) is 25.3. The maximum Gasteiger partial charge on any atom is 0.161 e. The van der Waals surface area contributed by atoms with Gasteiger partial charge in [-0.2, -0.15) is 0 Å². The van der Waals surface area contributed by atoms with E-state index in [1.807, 2.05) is 27.7 Å². The van der Waals surface area contributed by atoms with Gasteiger partial charge in [-0.15, -0.1) is 0 Å². The molecular formula is C120H180N6O18. The lowest BCUT2D eigenvalue weighted by Crippen LogP contribution is -2.46. The van der Waals surface area contributed by atoms with Crippen LogP contribution in [0.4, 0.5) is 0 Å². The van der Waals surface area contributed by atoms with E-state index in [2.05, 4.69) is 0 Å². The molecule has 12 aliphatic rings. The molecule has 18 rings (SSSR count). The van der Waals surface area contributed by atoms with Crippen LogP contribution in [0, 0.1) is 70.9 Å². The maximum absolute atomic E-state index is 13.8. The van der Waals surface area contributed by atoms with Crippen LogP contribution in [0.5, 0.6) is 69.0 Å². The van der Waals surface area contributed by atoms with Gasteiger partial charge in [0.2, 0.25) is 0 Å². The molecule has 6 aromatic carbocycles. The zero-order valence-electron chi connectivity index (χ0n) is 142. The lowest BCUT2D eigenvalue weighted by molar-refractivity contribution is -0.130. The number of hydrogen-bond donors (Lipinski definition) is 0. The molecular weight excluding hydrogens is 1810 g/mol. The number of nitrogens with zero attached hydrogens (tertiary/aromatic N) is 6. The Bertz CT molecular complexity index is 8300. The number of rotatable bonds is 27. The predicted octanol–water partition coefficient (Wildman–Crippen LogP) is 22.5. The first kappa shape index (κ1) is 59.2. The summed E-state index contributed by atoms with van der Waals surface area (Å²) < 4.78 is 553. The fourth-order valence-corrected chi connectivity index (χ4v) is 18.3. The SMILES string of the molecule is C.C.C.[2H]c1c(OC)c(OC)c([2H])c2c1C1([2H])CC(=O)C(CC(C)C)CN1C([2H])([2H])C2([2H])[2H].[2H]c1c2c(c([2H])c(OC)c1OC)C1CC(=O)C(C([2H])([2H])C([2H])(C([2H])([2H])[2H])C([2H])([2H])C)C([2H])([2H])N1CC2.[2H]c1c2c(c([2H])c(OC)c1OC)C1CC(=O)C(CC(C)C)C([2H])([2H])N1CC2.[2H]c1c2c(c([2H])c(OC)c1OC)C1N(CC2)C([2H])([2H])C([2H])(C([2H])([2H])C([2H])(C([2H])([2H])[2H])C([2H])([2H])C)C(=O)C1([2H])[2H].[2H]c1c2c(c([2H])c(OC)c1OC)C1N(CC2)C([2H])([2H])C([2H])(CC(C)C)C(=O)C1([2H])[2H].[2H]c1c2c(c([2H])c(OC)c1OC)C1N(CC2)CC([2H])(C([2H])([2H])C([2H])(C([2H])([2H])[2H])C([2H])([2H])C)C(=O)C1([2H])[2H]. The molecule has 12 heterocycles. The normalized spacial score (nSPS) is 36.7. The van der Waals surface area contributed by atoms with E-state index in [4.69, 9.17) is 136 Å². The first-order valence-corrected chi connectivity index (χ1v) is 46.6. The number of ketones is 6. The molecule has 798 valence electrons. The Hall–Kier alpha value is -9.30. The van der Waals surface area contributed by atoms with E-state index < -0.39 is 273 Å². The van der Waals surface area contributed by atoms with Crippen molar-refractivity contribution in [2.24, 2.45) is 70.9 Å². The number of benzene rings is 6. The molecule has 0 amide bonds. The van der Waals surface area contributed by atoms with Crippen LogP contribution in [0.25, 0.3) is 0 Å². The van der Waals surface area contributed by atoms with E-state index in [0.717, 1.165) is 23.8 Å². The summed E-state index contributed by atoms with van der Waals surface area (Å²) in [5.74, 6) is -30.7. The van der Waals surface area contributed by atoms with Crippen molar-refractivity contribution < 1.29 is 165 Å². The lowest BCUT2D eigenvalue weighted by atomic mass is 9.79. The number of fused-ring (bicyclic) bond motifs is 18. The molecule has 0 spiro atoms. The van der Waals surface area contributed by atoms with Crippen LogP contribution in [0.2, 0.25) is 0 Å². The highest BCUT2D eigenvalue weighted by Gasteiger charge is 2.47. The minimum absolute atomic E-state index is 0. The van der Waals surface area contributed by atoms with Crippen LogP contribution in [0.1, 0.15) is 384 Å². The van der Waals surface area contributed by atoms with E-state index in [1.54, 1.807) is 18.7 Å². The second-order valence-corrected chi connectivity index (χ2v) is 35.7. The predicted molar refractivity (Wildman–Crippen MR) is 575 cm³/mol. The Labute approximate surface area is 946 Å². The number of methoxy groups -OCH3 is 12. The molecule has 6 aromatic rings. The molecule has 6 fully saturated rings. The second kappa shape index (κ2) is 53.5. The van der Waals surface area contributed by atoms with Gasteiger partial charge in [-0.3, -0.25) is 58.2 Å². The van der Waals surface area contributed by atoms with Gasteiger partial charge in [-0.25, -0.2) is 0 Å². The average Bonchev–Trinajstić information content (AvgIpc) is 0.655. The smallest absolute Gasteiger partial charge is 0.161 e. The van der Waals surface area contributed by atoms with E-state index in [0.29, 0.717) is 66.8 Å². The van der Waals surface area contributed by atoms with Crippen molar-refractivity contribution in [1.82, 2.24) is 29.4 Å². The van der Waals surface area contributed by atoms with Crippen molar-refractivity contribution in [2.75, 3.05) is 164 Å². The standard InChI is InChI=1S/3C20H29NO3.3C19H27NO3.3CH4/c3*1-5-13(2)8-15-12-21-7-6-14-9-19(23-3)20(24-4)10-16(14)17(21)11-18(15)22;3*1-12(2)7-14-11-20-6-5-13-8-18(22-3)19(23-4)9-15(13)16(20)10-17(14)21;;;/h3*9-10,13,15,17H,5-8,11-12H2,1-4H3;3*8-9,12,14,16H,5-7,10-11H2,1-4H3;3*1H4/i2D3,5D2,8D2,9D,10D,11D2,12D2,13D,15D;2D3,5D2,8D2,9D,10D,11D2,13D,15D;2D3,5D2,8D2,9D,10D,12D2,13D;8D,9D,10D2,11D2,14D;5D2,6D2,8D,9D,16D;8D,9D,11D2;;;. The van der Waals surface area contributed by atoms with Crippen LogP contribution < -0.4 is 56.8 Å². The minimum Gasteiger partial charge on any atom is -0.493 e. The molecule has 0 aromatic heterocycles. The van der Waals surface area contributed by atoms with Gasteiger partial charge >= 0.3 is 0 Å². The third-order valence-electron chi connectivity index (χ3n) is 25.3. The Morgan fingerprint density at radius 1 is 0.326 bits per heavy atom. The molecule has 0 radical (unpaired) electrons. The van der Waals surface area contributed by atoms with Crippen molar-refractivity contribution in [1.29, 1.82) is 0 Å². The molecule has 0 saturated carbocycles. The lowest BCUT2D eigenvalue weighted by Gasteiger charge is -2.43. The topological polar surface area (TPSA) is 233 Å². The van der Waals surface area contributed by atoms with Gasteiger partial charge in [-0.1, -0.05) is 124 Å². The summed E-state index contributed by atoms with van der Waals surface area (Å²) in [5.41, 5.74) is 1.38. The molecule has 12 aliphatic heterocycles. The van der Waals surface area contributed by atoms with E-state index in [1.165, 1.54) is 88.0 Å². The fraction of sp³-hybridized carbons (Fsp3) is 0.650. The van der Waals surface area contributed by atoms with E-state index in [9.17, 15) is 28.8 Å². The number of piperidine rings is 6. The molecule has 0 aliphatic carbocycles. The van der Waals surface area contributed by atoms with Gasteiger partial charge < -0.3 is 56.8 Å². The van der Waals surface area contributed by atoms with Gasteiger partial charge in [0.15, 0.2) is 69.0 Å². The summed E-state index contributed by atoms with van der Waals surface area (Å²) in [4.78, 5) is 86.9. The number of ether oxygens (including phenoxy) is 12. The van der Waals surface area contributed by atoms with E-state index in [-0.39, 0.29) is 285 Å².